The maximum Gasteiger partial charge on any atom is 0.472 e. The average molecular weight is 893 g/mol. The Labute approximate surface area is 360 Å². The Bertz CT molecular complexity index is 1310. The van der Waals surface area contributed by atoms with Gasteiger partial charge in [-0.3, -0.25) is 23.2 Å². The number of aliphatic hydroxyl groups excluding tert-OH is 2. The zero-order valence-electron chi connectivity index (χ0n) is 36.4. The average Bonchev–Trinajstić information content (AvgIpc) is 3.21. The van der Waals surface area contributed by atoms with Gasteiger partial charge < -0.3 is 34.4 Å². The number of rotatable bonds is 41. The molecule has 0 amide bonds. The van der Waals surface area contributed by atoms with Crippen molar-refractivity contribution >= 4 is 27.6 Å². The lowest BCUT2D eigenvalue weighted by Crippen LogP contribution is -2.30. The predicted octanol–water partition coefficient (Wildman–Crippen LogP) is 10.2. The van der Waals surface area contributed by atoms with Gasteiger partial charge in [0.1, 0.15) is 12.7 Å². The van der Waals surface area contributed by atoms with E-state index in [1.54, 1.807) is 0 Å². The van der Waals surface area contributed by atoms with Crippen molar-refractivity contribution in [2.24, 2.45) is 0 Å². The van der Waals surface area contributed by atoms with Gasteiger partial charge in [0.15, 0.2) is 6.10 Å². The van der Waals surface area contributed by atoms with Crippen LogP contribution in [0.5, 0.6) is 0 Å². The molecule has 348 valence electrons. The molecule has 0 aromatic heterocycles. The summed E-state index contributed by atoms with van der Waals surface area (Å²) in [6.45, 7) is 1.39. The van der Waals surface area contributed by atoms with Gasteiger partial charge in [-0.15, -0.1) is 0 Å². The van der Waals surface area contributed by atoms with Gasteiger partial charge in [-0.1, -0.05) is 126 Å². The minimum atomic E-state index is -4.87. The Morgan fingerprint density at radius 1 is 0.517 bits per heavy atom. The number of phosphoric acid groups is 2. The zero-order valence-corrected chi connectivity index (χ0v) is 38.2. The van der Waals surface area contributed by atoms with Crippen LogP contribution in [0.3, 0.4) is 0 Å². The molecule has 0 aromatic rings. The fourth-order valence-corrected chi connectivity index (χ4v) is 6.65. The van der Waals surface area contributed by atoms with Gasteiger partial charge in [-0.05, 0) is 83.5 Å². The number of esters is 2. The van der Waals surface area contributed by atoms with Crippen LogP contribution in [-0.4, -0.2) is 81.6 Å². The molecule has 4 atom stereocenters. The Morgan fingerprint density at radius 2 is 0.983 bits per heavy atom. The van der Waals surface area contributed by atoms with Gasteiger partial charge in [0.05, 0.1) is 25.9 Å². The zero-order chi connectivity index (χ0) is 44.6. The molecule has 0 saturated heterocycles. The number of phosphoric ester groups is 2. The molecule has 60 heavy (non-hydrogen) atoms. The number of ether oxygens (including phenoxy) is 2. The third-order valence-electron chi connectivity index (χ3n) is 9.03. The van der Waals surface area contributed by atoms with Crippen LogP contribution >= 0.6 is 15.6 Å². The van der Waals surface area contributed by atoms with Gasteiger partial charge in [0.2, 0.25) is 0 Å². The molecule has 0 rings (SSSR count). The fraction of sp³-hybridized carbons (Fsp3) is 0.727. The van der Waals surface area contributed by atoms with Crippen molar-refractivity contribution in [1.82, 2.24) is 0 Å². The van der Waals surface area contributed by atoms with Crippen LogP contribution in [0.2, 0.25) is 0 Å². The summed E-state index contributed by atoms with van der Waals surface area (Å²) in [5.41, 5.74) is 0. The Morgan fingerprint density at radius 3 is 1.57 bits per heavy atom. The quantitative estimate of drug-likeness (QED) is 0.0167. The summed E-state index contributed by atoms with van der Waals surface area (Å²) in [6.07, 6.45) is 38.7. The maximum atomic E-state index is 12.7. The molecule has 0 heterocycles. The summed E-state index contributed by atoms with van der Waals surface area (Å²) in [5.74, 6) is -1.13. The van der Waals surface area contributed by atoms with E-state index in [4.69, 9.17) is 23.8 Å². The number of hydrogen-bond donors (Lipinski definition) is 5. The van der Waals surface area contributed by atoms with E-state index in [1.807, 2.05) is 19.1 Å². The molecule has 0 saturated carbocycles. The van der Waals surface area contributed by atoms with Crippen LogP contribution < -0.4 is 0 Å². The molecule has 0 aromatic carbocycles. The first-order valence-electron chi connectivity index (χ1n) is 22.1. The second-order valence-electron chi connectivity index (χ2n) is 14.8. The number of carbonyl (C=O) groups is 2. The third-order valence-corrected chi connectivity index (χ3v) is 10.5. The van der Waals surface area contributed by atoms with Crippen molar-refractivity contribution in [3.63, 3.8) is 0 Å². The molecule has 0 aliphatic rings. The maximum absolute atomic E-state index is 12.7. The lowest BCUT2D eigenvalue weighted by Gasteiger charge is -2.20. The molecule has 14 nitrogen and oxygen atoms in total. The van der Waals surface area contributed by atoms with Gasteiger partial charge in [0, 0.05) is 12.8 Å². The van der Waals surface area contributed by atoms with Crippen LogP contribution in [0.15, 0.2) is 60.8 Å². The second-order valence-corrected chi connectivity index (χ2v) is 17.4. The van der Waals surface area contributed by atoms with Crippen LogP contribution in [0.4, 0.5) is 0 Å². The highest BCUT2D eigenvalue weighted by Crippen LogP contribution is 2.43. The highest BCUT2D eigenvalue weighted by molar-refractivity contribution is 7.47. The molecule has 16 heteroatoms. The fourth-order valence-electron chi connectivity index (χ4n) is 5.49. The van der Waals surface area contributed by atoms with Crippen LogP contribution in [0.25, 0.3) is 0 Å². The smallest absolute Gasteiger partial charge is 0.462 e. The van der Waals surface area contributed by atoms with Gasteiger partial charge >= 0.3 is 27.6 Å². The predicted molar refractivity (Wildman–Crippen MR) is 236 cm³/mol. The van der Waals surface area contributed by atoms with Gasteiger partial charge in [-0.2, -0.15) is 0 Å². The first-order chi connectivity index (χ1) is 28.8. The summed E-state index contributed by atoms with van der Waals surface area (Å²) in [7, 11) is -9.70. The number of aliphatic hydroxyl groups is 2. The molecular formula is C44H78O14P2. The molecule has 5 N–H and O–H groups in total. The van der Waals surface area contributed by atoms with E-state index in [-0.39, 0.29) is 18.9 Å². The van der Waals surface area contributed by atoms with Crippen molar-refractivity contribution < 1.29 is 66.7 Å². The molecule has 0 fully saturated rings. The molecule has 0 aliphatic carbocycles. The molecule has 1 unspecified atom stereocenters. The minimum absolute atomic E-state index is 0.101. The molecule has 0 bridgehead atoms. The monoisotopic (exact) mass is 892 g/mol. The SMILES string of the molecule is CCCCCCCC/C=C\CCCCCCCC(=O)O[C@H](COC(=O)CCC/C=C\C/C=C\C/C=C\C/C=C\CC[C@@H](O)CC)COP(=O)(O)OC[C@@H](O)COP(=O)(O)O. The van der Waals surface area contributed by atoms with Crippen molar-refractivity contribution in [2.45, 2.75) is 180 Å². The normalized spacial score (nSPS) is 15.1. The van der Waals surface area contributed by atoms with E-state index in [0.29, 0.717) is 19.3 Å². The van der Waals surface area contributed by atoms with Crippen molar-refractivity contribution in [3.8, 4) is 0 Å². The minimum Gasteiger partial charge on any atom is -0.462 e. The van der Waals surface area contributed by atoms with Crippen molar-refractivity contribution in [3.05, 3.63) is 60.8 Å². The molecular weight excluding hydrogens is 814 g/mol. The first kappa shape index (κ1) is 57.8. The molecule has 0 radical (unpaired) electrons. The van der Waals surface area contributed by atoms with Crippen molar-refractivity contribution in [2.75, 3.05) is 26.4 Å². The molecule has 0 aliphatic heterocycles. The first-order valence-corrected chi connectivity index (χ1v) is 25.1. The van der Waals surface area contributed by atoms with Crippen LogP contribution in [-0.2, 0) is 41.8 Å². The van der Waals surface area contributed by atoms with E-state index in [0.717, 1.165) is 77.0 Å². The van der Waals surface area contributed by atoms with Crippen LogP contribution in [0.1, 0.15) is 162 Å². The number of hydrogen-bond acceptors (Lipinski definition) is 11. The van der Waals surface area contributed by atoms with Crippen molar-refractivity contribution in [1.29, 1.82) is 0 Å². The number of allylic oxidation sites excluding steroid dienone is 10. The highest BCUT2D eigenvalue weighted by atomic mass is 31.2. The largest absolute Gasteiger partial charge is 0.472 e. The number of unbranched alkanes of at least 4 members (excludes halogenated alkanes) is 12. The summed E-state index contributed by atoms with van der Waals surface area (Å²) < 4.78 is 47.7. The topological polar surface area (TPSA) is 216 Å². The Balaban J connectivity index is 4.63. The summed E-state index contributed by atoms with van der Waals surface area (Å²) in [5, 5.41) is 19.3. The van der Waals surface area contributed by atoms with E-state index in [2.05, 4.69) is 64.6 Å². The third kappa shape index (κ3) is 42.5. The highest BCUT2D eigenvalue weighted by Gasteiger charge is 2.28. The Hall–Kier alpha value is -2.22. The summed E-state index contributed by atoms with van der Waals surface area (Å²) in [6, 6.07) is 0. The lowest BCUT2D eigenvalue weighted by atomic mass is 10.1. The second kappa shape index (κ2) is 39.6. The van der Waals surface area contributed by atoms with E-state index in [9.17, 15) is 33.8 Å². The van der Waals surface area contributed by atoms with Gasteiger partial charge in [-0.25, -0.2) is 9.13 Å². The van der Waals surface area contributed by atoms with E-state index in [1.165, 1.54) is 38.5 Å². The summed E-state index contributed by atoms with van der Waals surface area (Å²) in [4.78, 5) is 52.7. The van der Waals surface area contributed by atoms with E-state index < -0.39 is 66.2 Å². The van der Waals surface area contributed by atoms with Crippen LogP contribution in [0, 0.1) is 0 Å². The van der Waals surface area contributed by atoms with Gasteiger partial charge in [0.25, 0.3) is 0 Å². The standard InChI is InChI=1S/C44H78O14P2/c1-3-5-6-7-8-9-10-11-12-17-20-23-26-29-32-35-44(48)58-42(39-57-60(52,53)56-37-41(46)36-55-59(49,50)51)38-54-43(47)34-31-28-25-22-19-16-14-13-15-18-21-24-27-30-33-40(45)4-2/h11-12,14-16,18,22,24-25,27,40-42,45-46H,3-10,13,17,19-21,23,26,28-39H2,1-2H3,(H,52,53)(H2,49,50,51)/b12-11-,16-14-,18-15-,25-22-,27-24-/t40-,41-,42+/m0/s1. The Kier molecular flexibility index (Phi) is 38.1. The summed E-state index contributed by atoms with van der Waals surface area (Å²) >= 11 is 0. The molecule has 0 spiro atoms. The number of carbonyl (C=O) groups excluding carboxylic acids is 2. The van der Waals surface area contributed by atoms with E-state index >= 15 is 0 Å². The lowest BCUT2D eigenvalue weighted by molar-refractivity contribution is -0.161.